The van der Waals surface area contributed by atoms with Gasteiger partial charge in [-0.15, -0.1) is 0 Å². The molecule has 3 unspecified atom stereocenters. The molecule has 3 heterocycles. The highest BCUT2D eigenvalue weighted by molar-refractivity contribution is 5.61. The molecule has 3 aliphatic rings. The second-order valence-electron chi connectivity index (χ2n) is 11.6. The summed E-state index contributed by atoms with van der Waals surface area (Å²) in [6, 6.07) is 15.5. The number of nitrogens with one attached hydrogen (secondary N) is 1. The average Bonchev–Trinajstić information content (AvgIpc) is 3.01. The van der Waals surface area contributed by atoms with Crippen molar-refractivity contribution in [1.29, 1.82) is 0 Å². The molecule has 8 heteroatoms. The maximum atomic E-state index is 6.70. The molecule has 1 N–H and O–H groups in total. The lowest BCUT2D eigenvalue weighted by Gasteiger charge is -2.40. The molecular formula is C33H49N3O5. The number of anilines is 1. The third kappa shape index (κ3) is 7.93. The normalized spacial score (nSPS) is 25.0. The second-order valence-corrected chi connectivity index (χ2v) is 11.6. The lowest BCUT2D eigenvalue weighted by atomic mass is 9.85. The molecular weight excluding hydrogens is 518 g/mol. The zero-order valence-electron chi connectivity index (χ0n) is 25.2. The Labute approximate surface area is 246 Å². The summed E-state index contributed by atoms with van der Waals surface area (Å²) < 4.78 is 30.0. The highest BCUT2D eigenvalue weighted by Crippen LogP contribution is 2.35. The Balaban J connectivity index is 1.26. The number of benzene rings is 2. The SMILES string of the molecule is COCCCN1CCOc2ccc(COC3CNC[C@@H](OCCN4CCCCC4C)C3c3ccc(OC)cc3)cc21. The van der Waals surface area contributed by atoms with Gasteiger partial charge in [0.15, 0.2) is 0 Å². The van der Waals surface area contributed by atoms with E-state index < -0.39 is 0 Å². The van der Waals surface area contributed by atoms with Gasteiger partial charge in [-0.25, -0.2) is 0 Å². The standard InChI is InChI=1S/C33H49N3O5/c1-25-7-4-5-14-35(25)16-19-40-31-22-34-23-32(33(31)27-9-11-28(38-3)12-10-27)41-24-26-8-13-30-29(21-26)36(17-20-39-30)15-6-18-37-2/h8-13,21,25,31-34H,4-7,14-20,22-24H2,1-3H3/t25?,31-,32?,33?/m1/s1. The van der Waals surface area contributed by atoms with Crippen LogP contribution < -0.4 is 19.7 Å². The second kappa shape index (κ2) is 15.2. The number of likely N-dealkylation sites (tertiary alicyclic amines) is 1. The topological polar surface area (TPSA) is 64.7 Å². The molecule has 41 heavy (non-hydrogen) atoms. The first kappa shape index (κ1) is 30.1. The van der Waals surface area contributed by atoms with Crippen LogP contribution in [0, 0.1) is 0 Å². The monoisotopic (exact) mass is 567 g/mol. The molecule has 0 amide bonds. The van der Waals surface area contributed by atoms with E-state index in [1.165, 1.54) is 31.4 Å². The fourth-order valence-electron chi connectivity index (χ4n) is 6.50. The maximum Gasteiger partial charge on any atom is 0.142 e. The summed E-state index contributed by atoms with van der Waals surface area (Å²) in [6.07, 6.45) is 4.93. The number of rotatable bonds is 13. The molecule has 0 aromatic heterocycles. The minimum atomic E-state index is -0.0128. The summed E-state index contributed by atoms with van der Waals surface area (Å²) >= 11 is 0. The molecule has 0 spiro atoms. The van der Waals surface area contributed by atoms with E-state index in [-0.39, 0.29) is 18.1 Å². The zero-order valence-corrected chi connectivity index (χ0v) is 25.2. The number of ether oxygens (including phenoxy) is 5. The summed E-state index contributed by atoms with van der Waals surface area (Å²) in [5.41, 5.74) is 3.54. The van der Waals surface area contributed by atoms with Crippen molar-refractivity contribution in [1.82, 2.24) is 10.2 Å². The van der Waals surface area contributed by atoms with E-state index >= 15 is 0 Å². The van der Waals surface area contributed by atoms with E-state index in [0.717, 1.165) is 75.1 Å². The molecule has 226 valence electrons. The van der Waals surface area contributed by atoms with Gasteiger partial charge < -0.3 is 33.9 Å². The van der Waals surface area contributed by atoms with Gasteiger partial charge in [0.1, 0.15) is 18.1 Å². The lowest BCUT2D eigenvalue weighted by molar-refractivity contribution is -0.0647. The average molecular weight is 568 g/mol. The number of nitrogens with zero attached hydrogens (tertiary/aromatic N) is 2. The smallest absolute Gasteiger partial charge is 0.142 e. The third-order valence-electron chi connectivity index (χ3n) is 8.87. The van der Waals surface area contributed by atoms with E-state index in [1.807, 2.05) is 12.1 Å². The predicted molar refractivity (Wildman–Crippen MR) is 162 cm³/mol. The van der Waals surface area contributed by atoms with Gasteiger partial charge in [0, 0.05) is 51.9 Å². The number of hydrogen-bond acceptors (Lipinski definition) is 8. The largest absolute Gasteiger partial charge is 0.497 e. The van der Waals surface area contributed by atoms with Crippen molar-refractivity contribution in [2.24, 2.45) is 0 Å². The summed E-state index contributed by atoms with van der Waals surface area (Å²) in [5, 5.41) is 3.60. The van der Waals surface area contributed by atoms with Gasteiger partial charge >= 0.3 is 0 Å². The minimum Gasteiger partial charge on any atom is -0.497 e. The molecule has 0 aliphatic carbocycles. The van der Waals surface area contributed by atoms with Crippen LogP contribution in [0.3, 0.4) is 0 Å². The van der Waals surface area contributed by atoms with Crippen molar-refractivity contribution >= 4 is 5.69 Å². The summed E-state index contributed by atoms with van der Waals surface area (Å²) in [5.74, 6) is 1.94. The molecule has 0 radical (unpaired) electrons. The first-order chi connectivity index (χ1) is 20.2. The van der Waals surface area contributed by atoms with Gasteiger partial charge in [0.2, 0.25) is 0 Å². The van der Waals surface area contributed by atoms with Gasteiger partial charge in [-0.05, 0) is 68.1 Å². The first-order valence-corrected chi connectivity index (χ1v) is 15.5. The Morgan fingerprint density at radius 2 is 1.76 bits per heavy atom. The molecule has 4 atom stereocenters. The van der Waals surface area contributed by atoms with Crippen LogP contribution in [0.15, 0.2) is 42.5 Å². The van der Waals surface area contributed by atoms with Gasteiger partial charge in [0.05, 0.1) is 44.8 Å². The van der Waals surface area contributed by atoms with Crippen molar-refractivity contribution in [2.45, 2.75) is 63.4 Å². The van der Waals surface area contributed by atoms with Crippen LogP contribution >= 0.6 is 0 Å². The maximum absolute atomic E-state index is 6.70. The third-order valence-corrected chi connectivity index (χ3v) is 8.87. The van der Waals surface area contributed by atoms with Crippen LogP contribution in [0.5, 0.6) is 11.5 Å². The van der Waals surface area contributed by atoms with Crippen molar-refractivity contribution < 1.29 is 23.7 Å². The van der Waals surface area contributed by atoms with E-state index in [9.17, 15) is 0 Å². The molecule has 8 nitrogen and oxygen atoms in total. The Hall–Kier alpha value is -2.36. The Kier molecular flexibility index (Phi) is 11.2. The van der Waals surface area contributed by atoms with E-state index in [1.54, 1.807) is 14.2 Å². The van der Waals surface area contributed by atoms with Crippen LogP contribution in [-0.4, -0.2) is 96.5 Å². The highest BCUT2D eigenvalue weighted by atomic mass is 16.5. The quantitative estimate of drug-likeness (QED) is 0.356. The zero-order chi connectivity index (χ0) is 28.4. The number of piperidine rings is 2. The first-order valence-electron chi connectivity index (χ1n) is 15.5. The number of fused-ring (bicyclic) bond motifs is 1. The molecule has 2 fully saturated rings. The fourth-order valence-corrected chi connectivity index (χ4v) is 6.50. The Morgan fingerprint density at radius 3 is 2.54 bits per heavy atom. The van der Waals surface area contributed by atoms with Gasteiger partial charge in [-0.1, -0.05) is 24.6 Å². The Bertz CT molecular complexity index is 1070. The highest BCUT2D eigenvalue weighted by Gasteiger charge is 2.36. The summed E-state index contributed by atoms with van der Waals surface area (Å²) in [4.78, 5) is 4.98. The van der Waals surface area contributed by atoms with Gasteiger partial charge in [-0.2, -0.15) is 0 Å². The summed E-state index contributed by atoms with van der Waals surface area (Å²) in [6.45, 7) is 10.7. The Morgan fingerprint density at radius 1 is 0.927 bits per heavy atom. The minimum absolute atomic E-state index is 0.0128. The number of hydrogen-bond donors (Lipinski definition) is 1. The molecule has 2 aromatic carbocycles. The van der Waals surface area contributed by atoms with E-state index in [2.05, 4.69) is 52.4 Å². The molecule has 0 bridgehead atoms. The van der Waals surface area contributed by atoms with Crippen molar-refractivity contribution in [3.05, 3.63) is 53.6 Å². The molecule has 2 saturated heterocycles. The lowest BCUT2D eigenvalue weighted by Crippen LogP contribution is -2.51. The van der Waals surface area contributed by atoms with Crippen LogP contribution in [-0.2, 0) is 20.8 Å². The molecule has 3 aliphatic heterocycles. The fraction of sp³-hybridized carbons (Fsp3) is 0.636. The van der Waals surface area contributed by atoms with Gasteiger partial charge in [-0.3, -0.25) is 4.90 Å². The van der Waals surface area contributed by atoms with E-state index in [0.29, 0.717) is 19.3 Å². The van der Waals surface area contributed by atoms with Crippen LogP contribution in [0.2, 0.25) is 0 Å². The van der Waals surface area contributed by atoms with Crippen molar-refractivity contribution in [2.75, 3.05) is 78.2 Å². The van der Waals surface area contributed by atoms with Crippen LogP contribution in [0.25, 0.3) is 0 Å². The number of methoxy groups -OCH3 is 2. The summed E-state index contributed by atoms with van der Waals surface area (Å²) in [7, 11) is 3.47. The van der Waals surface area contributed by atoms with E-state index in [4.69, 9.17) is 23.7 Å². The molecule has 2 aromatic rings. The van der Waals surface area contributed by atoms with Crippen LogP contribution in [0.1, 0.15) is 49.7 Å². The van der Waals surface area contributed by atoms with Crippen molar-refractivity contribution in [3.8, 4) is 11.5 Å². The van der Waals surface area contributed by atoms with Crippen molar-refractivity contribution in [3.63, 3.8) is 0 Å². The predicted octanol–water partition coefficient (Wildman–Crippen LogP) is 4.46. The van der Waals surface area contributed by atoms with Gasteiger partial charge in [0.25, 0.3) is 0 Å². The molecule has 5 rings (SSSR count). The molecule has 0 saturated carbocycles. The van der Waals surface area contributed by atoms with Crippen LogP contribution in [0.4, 0.5) is 5.69 Å².